The summed E-state index contributed by atoms with van der Waals surface area (Å²) in [5.41, 5.74) is 3.16. The Balaban J connectivity index is 2.08. The number of ether oxygens (including phenoxy) is 1. The van der Waals surface area contributed by atoms with Crippen molar-refractivity contribution < 1.29 is 4.74 Å². The number of aryl methyl sites for hydroxylation is 1. The molecule has 0 atom stereocenters. The lowest BCUT2D eigenvalue weighted by molar-refractivity contribution is 0.0787. The maximum atomic E-state index is 5.55. The second-order valence-corrected chi connectivity index (χ2v) is 6.00. The number of anilines is 1. The van der Waals surface area contributed by atoms with E-state index in [1.54, 1.807) is 0 Å². The first-order chi connectivity index (χ1) is 9.58. The molecule has 0 radical (unpaired) electrons. The molecule has 1 heterocycles. The molecule has 1 N–H and O–H groups in total. The second kappa shape index (κ2) is 7.04. The fourth-order valence-electron chi connectivity index (χ4n) is 2.10. The number of pyridine rings is 1. The first kappa shape index (κ1) is 15.3. The van der Waals surface area contributed by atoms with Crippen LogP contribution in [0.5, 0.6) is 0 Å². The molecule has 0 spiro atoms. The van der Waals surface area contributed by atoms with Crippen LogP contribution in [0.4, 0.5) is 5.69 Å². The van der Waals surface area contributed by atoms with Gasteiger partial charge in [-0.3, -0.25) is 4.98 Å². The summed E-state index contributed by atoms with van der Waals surface area (Å²) in [6, 6.07) is 8.25. The molecule has 1 aromatic carbocycles. The molecule has 2 rings (SSSR count). The summed E-state index contributed by atoms with van der Waals surface area (Å²) in [6.45, 7) is 7.83. The SMILES string of the molecule is Cc1cc(NCCCOC(C)C)c2cccc(Br)c2n1. The summed E-state index contributed by atoms with van der Waals surface area (Å²) in [7, 11) is 0. The van der Waals surface area contributed by atoms with E-state index in [2.05, 4.69) is 52.2 Å². The van der Waals surface area contributed by atoms with Gasteiger partial charge in [0.1, 0.15) is 0 Å². The molecule has 20 heavy (non-hydrogen) atoms. The monoisotopic (exact) mass is 336 g/mol. The number of benzene rings is 1. The van der Waals surface area contributed by atoms with E-state index in [0.29, 0.717) is 6.10 Å². The quantitative estimate of drug-likeness (QED) is 0.786. The van der Waals surface area contributed by atoms with Gasteiger partial charge in [0.05, 0.1) is 11.6 Å². The van der Waals surface area contributed by atoms with Crippen molar-refractivity contribution in [2.24, 2.45) is 0 Å². The molecule has 0 unspecified atom stereocenters. The van der Waals surface area contributed by atoms with E-state index in [0.717, 1.165) is 46.3 Å². The summed E-state index contributed by atoms with van der Waals surface area (Å²) in [4.78, 5) is 4.59. The number of nitrogens with one attached hydrogen (secondary N) is 1. The largest absolute Gasteiger partial charge is 0.384 e. The summed E-state index contributed by atoms with van der Waals surface area (Å²) in [6.07, 6.45) is 1.30. The van der Waals surface area contributed by atoms with Crippen LogP contribution in [-0.2, 0) is 4.74 Å². The van der Waals surface area contributed by atoms with Crippen molar-refractivity contribution in [2.75, 3.05) is 18.5 Å². The minimum Gasteiger partial charge on any atom is -0.384 e. The van der Waals surface area contributed by atoms with Crippen LogP contribution in [-0.4, -0.2) is 24.2 Å². The van der Waals surface area contributed by atoms with Crippen LogP contribution in [0.15, 0.2) is 28.7 Å². The van der Waals surface area contributed by atoms with E-state index in [1.165, 1.54) is 0 Å². The Morgan fingerprint density at radius 1 is 1.35 bits per heavy atom. The van der Waals surface area contributed by atoms with Crippen molar-refractivity contribution in [2.45, 2.75) is 33.3 Å². The van der Waals surface area contributed by atoms with Crippen molar-refractivity contribution in [1.29, 1.82) is 0 Å². The topological polar surface area (TPSA) is 34.1 Å². The molecular weight excluding hydrogens is 316 g/mol. The van der Waals surface area contributed by atoms with Gasteiger partial charge in [-0.15, -0.1) is 0 Å². The molecule has 2 aromatic rings. The van der Waals surface area contributed by atoms with Gasteiger partial charge < -0.3 is 10.1 Å². The highest BCUT2D eigenvalue weighted by atomic mass is 79.9. The standard InChI is InChI=1S/C16H21BrN2O/c1-11(2)20-9-5-8-18-15-10-12(3)19-16-13(15)6-4-7-14(16)17/h4,6-7,10-11H,5,8-9H2,1-3H3,(H,18,19). The molecule has 0 aliphatic rings. The second-order valence-electron chi connectivity index (χ2n) is 5.15. The predicted octanol–water partition coefficient (Wildman–Crippen LogP) is 4.53. The van der Waals surface area contributed by atoms with Gasteiger partial charge in [0.25, 0.3) is 0 Å². The van der Waals surface area contributed by atoms with Crippen LogP contribution in [0.2, 0.25) is 0 Å². The minimum absolute atomic E-state index is 0.301. The molecule has 0 saturated carbocycles. The highest BCUT2D eigenvalue weighted by molar-refractivity contribution is 9.10. The van der Waals surface area contributed by atoms with Gasteiger partial charge in [-0.1, -0.05) is 12.1 Å². The van der Waals surface area contributed by atoms with E-state index in [-0.39, 0.29) is 0 Å². The molecule has 0 fully saturated rings. The third kappa shape index (κ3) is 3.93. The molecule has 3 nitrogen and oxygen atoms in total. The Bertz CT molecular complexity index is 584. The van der Waals surface area contributed by atoms with Gasteiger partial charge in [0.2, 0.25) is 0 Å². The Morgan fingerprint density at radius 2 is 2.15 bits per heavy atom. The highest BCUT2D eigenvalue weighted by Gasteiger charge is 2.06. The van der Waals surface area contributed by atoms with E-state index in [1.807, 2.05) is 19.1 Å². The average molecular weight is 337 g/mol. The lowest BCUT2D eigenvalue weighted by Crippen LogP contribution is -2.09. The van der Waals surface area contributed by atoms with Gasteiger partial charge >= 0.3 is 0 Å². The van der Waals surface area contributed by atoms with Crippen LogP contribution < -0.4 is 5.32 Å². The number of hydrogen-bond acceptors (Lipinski definition) is 3. The van der Waals surface area contributed by atoms with Crippen LogP contribution in [0.3, 0.4) is 0 Å². The first-order valence-corrected chi connectivity index (χ1v) is 7.78. The molecule has 0 aliphatic heterocycles. The van der Waals surface area contributed by atoms with Crippen LogP contribution in [0.1, 0.15) is 26.0 Å². The number of rotatable bonds is 6. The van der Waals surface area contributed by atoms with Crippen molar-refractivity contribution in [1.82, 2.24) is 4.98 Å². The zero-order chi connectivity index (χ0) is 14.5. The molecule has 4 heteroatoms. The molecule has 0 amide bonds. The number of hydrogen-bond donors (Lipinski definition) is 1. The third-order valence-corrected chi connectivity index (χ3v) is 3.65. The number of nitrogens with zero attached hydrogens (tertiary/aromatic N) is 1. The summed E-state index contributed by atoms with van der Waals surface area (Å²) >= 11 is 3.56. The molecular formula is C16H21BrN2O. The van der Waals surface area contributed by atoms with E-state index >= 15 is 0 Å². The number of para-hydroxylation sites is 1. The van der Waals surface area contributed by atoms with Crippen molar-refractivity contribution in [3.8, 4) is 0 Å². The zero-order valence-corrected chi connectivity index (χ0v) is 13.8. The normalized spacial score (nSPS) is 11.2. The maximum Gasteiger partial charge on any atom is 0.0867 e. The van der Waals surface area contributed by atoms with Gasteiger partial charge in [-0.05, 0) is 55.3 Å². The minimum atomic E-state index is 0.301. The predicted molar refractivity (Wildman–Crippen MR) is 88.4 cm³/mol. The van der Waals surface area contributed by atoms with Gasteiger partial charge in [-0.25, -0.2) is 0 Å². The Hall–Kier alpha value is -1.13. The molecule has 0 saturated heterocycles. The fraction of sp³-hybridized carbons (Fsp3) is 0.438. The number of fused-ring (bicyclic) bond motifs is 1. The fourth-order valence-corrected chi connectivity index (χ4v) is 2.56. The average Bonchev–Trinajstić information content (AvgIpc) is 2.39. The van der Waals surface area contributed by atoms with Gasteiger partial charge in [0, 0.05) is 34.4 Å². The number of aromatic nitrogens is 1. The smallest absolute Gasteiger partial charge is 0.0867 e. The number of halogens is 1. The summed E-state index contributed by atoms with van der Waals surface area (Å²) in [5, 5.41) is 4.64. The van der Waals surface area contributed by atoms with E-state index in [4.69, 9.17) is 4.74 Å². The zero-order valence-electron chi connectivity index (χ0n) is 12.2. The molecule has 1 aromatic heterocycles. The molecule has 108 valence electrons. The third-order valence-electron chi connectivity index (χ3n) is 3.01. The molecule has 0 bridgehead atoms. The van der Waals surface area contributed by atoms with Gasteiger partial charge in [0.15, 0.2) is 0 Å². The van der Waals surface area contributed by atoms with Crippen LogP contribution >= 0.6 is 15.9 Å². The van der Waals surface area contributed by atoms with Crippen molar-refractivity contribution >= 4 is 32.5 Å². The first-order valence-electron chi connectivity index (χ1n) is 6.99. The maximum absolute atomic E-state index is 5.55. The van der Waals surface area contributed by atoms with Crippen LogP contribution in [0.25, 0.3) is 10.9 Å². The summed E-state index contributed by atoms with van der Waals surface area (Å²) < 4.78 is 6.58. The van der Waals surface area contributed by atoms with Crippen molar-refractivity contribution in [3.05, 3.63) is 34.4 Å². The van der Waals surface area contributed by atoms with E-state index in [9.17, 15) is 0 Å². The lowest BCUT2D eigenvalue weighted by Gasteiger charge is -2.12. The highest BCUT2D eigenvalue weighted by Crippen LogP contribution is 2.28. The van der Waals surface area contributed by atoms with Crippen molar-refractivity contribution in [3.63, 3.8) is 0 Å². The Labute approximate surface area is 128 Å². The molecule has 0 aliphatic carbocycles. The Morgan fingerprint density at radius 3 is 2.90 bits per heavy atom. The lowest BCUT2D eigenvalue weighted by atomic mass is 10.1. The van der Waals surface area contributed by atoms with Gasteiger partial charge in [-0.2, -0.15) is 0 Å². The van der Waals surface area contributed by atoms with E-state index < -0.39 is 0 Å². The summed E-state index contributed by atoms with van der Waals surface area (Å²) in [5.74, 6) is 0. The Kier molecular flexibility index (Phi) is 5.38. The van der Waals surface area contributed by atoms with Crippen LogP contribution in [0, 0.1) is 6.92 Å².